The molecule has 0 radical (unpaired) electrons. The molecule has 3 aromatic carbocycles. The number of rotatable bonds is 5. The van der Waals surface area contributed by atoms with Crippen LogP contribution in [0.5, 0.6) is 5.75 Å². The number of phenols is 1. The maximum atomic E-state index is 13.8. The number of aromatic hydroxyl groups is 1. The fraction of sp³-hybridized carbons (Fsp3) is 0.161. The zero-order valence-electron chi connectivity index (χ0n) is 21.2. The van der Waals surface area contributed by atoms with Crippen LogP contribution in [-0.4, -0.2) is 32.8 Å². The number of halogens is 1. The van der Waals surface area contributed by atoms with Crippen LogP contribution in [0.15, 0.2) is 79.6 Å². The van der Waals surface area contributed by atoms with Gasteiger partial charge in [0, 0.05) is 42.1 Å². The topological polar surface area (TPSA) is 69.9 Å². The highest BCUT2D eigenvalue weighted by atomic mass is 35.5. The molecule has 0 aliphatic carbocycles. The van der Waals surface area contributed by atoms with Gasteiger partial charge in [-0.2, -0.15) is 0 Å². The number of fused-ring (bicyclic) bond motifs is 4. The van der Waals surface area contributed by atoms with E-state index in [2.05, 4.69) is 55.0 Å². The average Bonchev–Trinajstić information content (AvgIpc) is 3.50. The van der Waals surface area contributed by atoms with Crippen LogP contribution < -0.4 is 10.2 Å². The lowest BCUT2D eigenvalue weighted by Crippen LogP contribution is -2.30. The van der Waals surface area contributed by atoms with Crippen molar-refractivity contribution < 1.29 is 9.90 Å². The highest BCUT2D eigenvalue weighted by Crippen LogP contribution is 2.44. The summed E-state index contributed by atoms with van der Waals surface area (Å²) in [7, 11) is 0. The Morgan fingerprint density at radius 2 is 1.89 bits per heavy atom. The Labute approximate surface area is 225 Å². The largest absolute Gasteiger partial charge is 0.508 e. The molecule has 0 unspecified atom stereocenters. The number of hydrogen-bond acceptors (Lipinski definition) is 4. The Morgan fingerprint density at radius 1 is 1.11 bits per heavy atom. The first-order valence-corrected chi connectivity index (χ1v) is 13.0. The highest BCUT2D eigenvalue weighted by Gasteiger charge is 2.35. The first-order chi connectivity index (χ1) is 18.3. The maximum Gasteiger partial charge on any atom is 0.278 e. The molecule has 3 heterocycles. The number of anilines is 2. The molecule has 6 nitrogen and oxygen atoms in total. The number of nitrogens with zero attached hydrogens (tertiary/aromatic N) is 3. The van der Waals surface area contributed by atoms with E-state index in [0.717, 1.165) is 28.1 Å². The molecule has 6 rings (SSSR count). The van der Waals surface area contributed by atoms with Crippen molar-refractivity contribution in [2.75, 3.05) is 22.6 Å². The zero-order chi connectivity index (χ0) is 26.6. The molecule has 38 heavy (non-hydrogen) atoms. The third-order valence-electron chi connectivity index (χ3n) is 7.31. The molecule has 0 bridgehead atoms. The lowest BCUT2D eigenvalue weighted by atomic mass is 9.91. The number of carbonyl (C=O) groups is 1. The molecule has 0 saturated carbocycles. The van der Waals surface area contributed by atoms with Gasteiger partial charge >= 0.3 is 0 Å². The van der Waals surface area contributed by atoms with E-state index in [1.54, 1.807) is 30.5 Å². The van der Waals surface area contributed by atoms with E-state index < -0.39 is 0 Å². The number of hydrogen-bond donors (Lipinski definition) is 2. The summed E-state index contributed by atoms with van der Waals surface area (Å²) in [5.41, 5.74) is 7.81. The van der Waals surface area contributed by atoms with Crippen molar-refractivity contribution in [2.24, 2.45) is 0 Å². The Balaban J connectivity index is 1.33. The molecular weight excluding hydrogens is 496 g/mol. The fourth-order valence-electron chi connectivity index (χ4n) is 5.42. The van der Waals surface area contributed by atoms with Crippen LogP contribution >= 0.6 is 11.6 Å². The lowest BCUT2D eigenvalue weighted by molar-refractivity contribution is 0.0984. The van der Waals surface area contributed by atoms with E-state index >= 15 is 0 Å². The molecule has 0 spiro atoms. The highest BCUT2D eigenvalue weighted by molar-refractivity contribution is 6.19. The summed E-state index contributed by atoms with van der Waals surface area (Å²) in [4.78, 5) is 20.3. The predicted molar refractivity (Wildman–Crippen MR) is 155 cm³/mol. The molecule has 5 aromatic rings. The Morgan fingerprint density at radius 3 is 2.66 bits per heavy atom. The first-order valence-electron chi connectivity index (χ1n) is 12.5. The smallest absolute Gasteiger partial charge is 0.278 e. The van der Waals surface area contributed by atoms with Crippen LogP contribution in [0.1, 0.15) is 38.7 Å². The summed E-state index contributed by atoms with van der Waals surface area (Å²) in [5.74, 6) is 0.556. The van der Waals surface area contributed by atoms with Gasteiger partial charge in [0.25, 0.3) is 5.91 Å². The van der Waals surface area contributed by atoms with E-state index in [1.165, 1.54) is 16.3 Å². The van der Waals surface area contributed by atoms with Crippen LogP contribution in [-0.2, 0) is 0 Å². The predicted octanol–water partition coefficient (Wildman–Crippen LogP) is 6.88. The van der Waals surface area contributed by atoms with Crippen molar-refractivity contribution >= 4 is 51.0 Å². The summed E-state index contributed by atoms with van der Waals surface area (Å²) in [6.07, 6.45) is 3.64. The molecule has 1 amide bonds. The first kappa shape index (κ1) is 24.1. The number of imidazole rings is 1. The average molecular weight is 523 g/mol. The normalized spacial score (nSPS) is 14.7. The molecule has 1 aliphatic rings. The van der Waals surface area contributed by atoms with Gasteiger partial charge in [0.15, 0.2) is 0 Å². The summed E-state index contributed by atoms with van der Waals surface area (Å²) in [5, 5.41) is 15.2. The van der Waals surface area contributed by atoms with E-state index in [0.29, 0.717) is 29.5 Å². The van der Waals surface area contributed by atoms with Crippen molar-refractivity contribution in [2.45, 2.75) is 19.8 Å². The van der Waals surface area contributed by atoms with E-state index in [-0.39, 0.29) is 17.6 Å². The van der Waals surface area contributed by atoms with Gasteiger partial charge in [0.2, 0.25) is 0 Å². The van der Waals surface area contributed by atoms with Gasteiger partial charge in [-0.25, -0.2) is 4.98 Å². The minimum atomic E-state index is -0.141. The van der Waals surface area contributed by atoms with Gasteiger partial charge in [-0.15, -0.1) is 11.6 Å². The molecule has 2 N–H and O–H groups in total. The van der Waals surface area contributed by atoms with Crippen LogP contribution in [0.25, 0.3) is 22.1 Å². The Hall–Kier alpha value is -4.29. The second-order valence-corrected chi connectivity index (χ2v) is 10.2. The minimum Gasteiger partial charge on any atom is -0.508 e. The number of phenolic OH excluding ortho intramolecular Hbond substituents is 1. The van der Waals surface area contributed by atoms with Crippen LogP contribution in [0.4, 0.5) is 11.4 Å². The molecule has 0 saturated heterocycles. The molecular formula is C31H27ClN4O2. The maximum absolute atomic E-state index is 13.8. The number of benzene rings is 3. The zero-order valence-corrected chi connectivity index (χ0v) is 22.0. The van der Waals surface area contributed by atoms with Crippen molar-refractivity contribution in [3.8, 4) is 5.75 Å². The number of nitrogens with one attached hydrogen (secondary N) is 1. The second kappa shape index (κ2) is 9.23. The molecule has 7 heteroatoms. The Kier molecular flexibility index (Phi) is 5.84. The third-order valence-corrected chi connectivity index (χ3v) is 7.68. The number of aromatic nitrogens is 2. The van der Waals surface area contributed by atoms with Gasteiger partial charge in [0.05, 0.1) is 5.69 Å². The number of aryl methyl sites for hydroxylation is 2. The van der Waals surface area contributed by atoms with E-state index in [1.807, 2.05) is 27.6 Å². The number of alkyl halides is 1. The summed E-state index contributed by atoms with van der Waals surface area (Å²) in [6.45, 7) is 8.82. The van der Waals surface area contributed by atoms with Crippen LogP contribution in [0.2, 0.25) is 0 Å². The van der Waals surface area contributed by atoms with Crippen molar-refractivity contribution in [1.82, 2.24) is 9.38 Å². The molecule has 0 fully saturated rings. The van der Waals surface area contributed by atoms with Crippen LogP contribution in [0.3, 0.4) is 0 Å². The standard InChI is InChI=1S/C31H27ClN4O2/c1-18-5-4-6-25-19(2)13-27-30(29(18)25)22(14-32)15-36(27)31(38)26-17-35-16-23(9-12-28(35)34-26)33-20(3)21-7-10-24(37)11-8-21/h4-13,16-17,22,33,37H,3,14-15H2,1-2H3/t22-/m1/s1. The van der Waals surface area contributed by atoms with Crippen LogP contribution in [0, 0.1) is 13.8 Å². The second-order valence-electron chi connectivity index (χ2n) is 9.85. The lowest BCUT2D eigenvalue weighted by Gasteiger charge is -2.18. The van der Waals surface area contributed by atoms with Gasteiger partial charge in [-0.05, 0) is 89.3 Å². The van der Waals surface area contributed by atoms with Gasteiger partial charge in [-0.1, -0.05) is 24.8 Å². The van der Waals surface area contributed by atoms with E-state index in [4.69, 9.17) is 11.6 Å². The SMILES string of the molecule is C=C(Nc1ccc2nc(C(=O)N3C[C@@H](CCl)c4c3cc(C)c3cccc(C)c43)cn2c1)c1ccc(O)cc1. The molecule has 2 aromatic heterocycles. The third kappa shape index (κ3) is 3.98. The summed E-state index contributed by atoms with van der Waals surface area (Å²) < 4.78 is 1.84. The fourth-order valence-corrected chi connectivity index (χ4v) is 5.68. The Bertz CT molecular complexity index is 1740. The monoisotopic (exact) mass is 522 g/mol. The molecule has 1 aliphatic heterocycles. The summed E-state index contributed by atoms with van der Waals surface area (Å²) in [6, 6.07) is 19.0. The van der Waals surface area contributed by atoms with Crippen molar-refractivity contribution in [3.05, 3.63) is 108 Å². The minimum absolute atomic E-state index is 0.0542. The van der Waals surface area contributed by atoms with Gasteiger partial charge < -0.3 is 19.7 Å². The molecule has 190 valence electrons. The number of pyridine rings is 1. The van der Waals surface area contributed by atoms with E-state index in [9.17, 15) is 9.90 Å². The van der Waals surface area contributed by atoms with Gasteiger partial charge in [-0.3, -0.25) is 4.79 Å². The number of carbonyl (C=O) groups excluding carboxylic acids is 1. The quantitative estimate of drug-likeness (QED) is 0.247. The van der Waals surface area contributed by atoms with Crippen molar-refractivity contribution in [3.63, 3.8) is 0 Å². The van der Waals surface area contributed by atoms with Crippen molar-refractivity contribution in [1.29, 1.82) is 0 Å². The molecule has 1 atom stereocenters. The number of amides is 1. The summed E-state index contributed by atoms with van der Waals surface area (Å²) >= 11 is 6.44. The van der Waals surface area contributed by atoms with Gasteiger partial charge in [0.1, 0.15) is 17.1 Å².